The van der Waals surface area contributed by atoms with Gasteiger partial charge in [0.25, 0.3) is 11.8 Å². The SMILES string of the molecule is COc1cc(C=NNC(=O)CNC(=O)c2ccc3c(c2)OCO3)cc(I)c1OCc1ccc(Cl)cc1Cl. The van der Waals surface area contributed by atoms with E-state index in [1.807, 2.05) is 6.07 Å². The van der Waals surface area contributed by atoms with Crippen LogP contribution in [0.25, 0.3) is 0 Å². The van der Waals surface area contributed by atoms with Crippen molar-refractivity contribution in [1.82, 2.24) is 10.7 Å². The second-order valence-corrected chi connectivity index (χ2v) is 9.61. The summed E-state index contributed by atoms with van der Waals surface area (Å²) in [4.78, 5) is 24.4. The molecule has 0 aromatic heterocycles. The summed E-state index contributed by atoms with van der Waals surface area (Å²) in [6.07, 6.45) is 1.46. The topological polar surface area (TPSA) is 107 Å². The summed E-state index contributed by atoms with van der Waals surface area (Å²) in [7, 11) is 1.53. The lowest BCUT2D eigenvalue weighted by atomic mass is 10.2. The summed E-state index contributed by atoms with van der Waals surface area (Å²) < 4.78 is 22.7. The van der Waals surface area contributed by atoms with E-state index in [9.17, 15) is 9.59 Å². The lowest BCUT2D eigenvalue weighted by Crippen LogP contribution is -2.34. The number of carbonyl (C=O) groups is 2. The van der Waals surface area contributed by atoms with Crippen molar-refractivity contribution in [2.24, 2.45) is 5.10 Å². The van der Waals surface area contributed by atoms with Crippen LogP contribution in [0.2, 0.25) is 10.0 Å². The molecule has 0 aliphatic carbocycles. The minimum Gasteiger partial charge on any atom is -0.493 e. The van der Waals surface area contributed by atoms with Gasteiger partial charge in [-0.3, -0.25) is 9.59 Å². The second-order valence-electron chi connectivity index (χ2n) is 7.60. The van der Waals surface area contributed by atoms with E-state index in [0.717, 1.165) is 9.13 Å². The first kappa shape index (κ1) is 26.8. The van der Waals surface area contributed by atoms with Crippen LogP contribution in [0.3, 0.4) is 0 Å². The van der Waals surface area contributed by atoms with Gasteiger partial charge in [0.15, 0.2) is 23.0 Å². The van der Waals surface area contributed by atoms with Gasteiger partial charge in [0.1, 0.15) is 6.61 Å². The van der Waals surface area contributed by atoms with Gasteiger partial charge < -0.3 is 24.3 Å². The van der Waals surface area contributed by atoms with Crippen LogP contribution in [0, 0.1) is 3.57 Å². The van der Waals surface area contributed by atoms with Crippen LogP contribution in [0.1, 0.15) is 21.5 Å². The molecule has 0 spiro atoms. The molecule has 12 heteroatoms. The Morgan fingerprint density at radius 1 is 1.11 bits per heavy atom. The first-order chi connectivity index (χ1) is 17.8. The molecule has 0 radical (unpaired) electrons. The van der Waals surface area contributed by atoms with Crippen molar-refractivity contribution in [3.8, 4) is 23.0 Å². The lowest BCUT2D eigenvalue weighted by Gasteiger charge is -2.14. The van der Waals surface area contributed by atoms with Gasteiger partial charge in [0.05, 0.1) is 23.4 Å². The van der Waals surface area contributed by atoms with E-state index in [-0.39, 0.29) is 19.9 Å². The Bertz CT molecular complexity index is 1370. The summed E-state index contributed by atoms with van der Waals surface area (Å²) in [5, 5.41) is 7.54. The fraction of sp³-hybridized carbons (Fsp3) is 0.160. The average molecular weight is 656 g/mol. The molecule has 0 saturated heterocycles. The minimum atomic E-state index is -0.494. The quantitative estimate of drug-likeness (QED) is 0.195. The van der Waals surface area contributed by atoms with E-state index in [2.05, 4.69) is 38.4 Å². The summed E-state index contributed by atoms with van der Waals surface area (Å²) in [6.45, 7) is 0.0785. The van der Waals surface area contributed by atoms with Crippen LogP contribution >= 0.6 is 45.8 Å². The first-order valence-electron chi connectivity index (χ1n) is 10.8. The van der Waals surface area contributed by atoms with E-state index in [1.54, 1.807) is 42.5 Å². The molecule has 0 saturated carbocycles. The molecule has 192 valence electrons. The number of carbonyl (C=O) groups excluding carboxylic acids is 2. The number of nitrogens with zero attached hydrogens (tertiary/aromatic N) is 1. The number of hydrogen-bond acceptors (Lipinski definition) is 7. The highest BCUT2D eigenvalue weighted by Gasteiger charge is 2.17. The molecule has 9 nitrogen and oxygen atoms in total. The van der Waals surface area contributed by atoms with E-state index < -0.39 is 11.8 Å². The van der Waals surface area contributed by atoms with Crippen LogP contribution in [0.15, 0.2) is 53.6 Å². The maximum Gasteiger partial charge on any atom is 0.259 e. The molecule has 0 atom stereocenters. The number of hydrogen-bond donors (Lipinski definition) is 2. The van der Waals surface area contributed by atoms with Crippen molar-refractivity contribution in [3.05, 3.63) is 78.8 Å². The number of methoxy groups -OCH3 is 1. The molecule has 2 amide bonds. The first-order valence-corrected chi connectivity index (χ1v) is 12.6. The molecule has 0 bridgehead atoms. The monoisotopic (exact) mass is 655 g/mol. The third-order valence-corrected chi connectivity index (χ3v) is 6.47. The molecule has 3 aromatic carbocycles. The average Bonchev–Trinajstić information content (AvgIpc) is 3.35. The van der Waals surface area contributed by atoms with Crippen molar-refractivity contribution in [3.63, 3.8) is 0 Å². The highest BCUT2D eigenvalue weighted by atomic mass is 127. The molecule has 4 rings (SSSR count). The van der Waals surface area contributed by atoms with Gasteiger partial charge in [-0.15, -0.1) is 0 Å². The van der Waals surface area contributed by atoms with Gasteiger partial charge in [0, 0.05) is 21.2 Å². The number of halogens is 3. The van der Waals surface area contributed by atoms with E-state index in [0.29, 0.717) is 44.2 Å². The predicted molar refractivity (Wildman–Crippen MR) is 147 cm³/mol. The van der Waals surface area contributed by atoms with Crippen molar-refractivity contribution < 1.29 is 28.5 Å². The van der Waals surface area contributed by atoms with Gasteiger partial charge in [-0.25, -0.2) is 5.43 Å². The Balaban J connectivity index is 1.31. The van der Waals surface area contributed by atoms with E-state index in [1.165, 1.54) is 13.3 Å². The third kappa shape index (κ3) is 6.96. The number of hydrazone groups is 1. The zero-order chi connectivity index (χ0) is 26.4. The zero-order valence-corrected chi connectivity index (χ0v) is 23.0. The smallest absolute Gasteiger partial charge is 0.259 e. The van der Waals surface area contributed by atoms with E-state index in [4.69, 9.17) is 42.1 Å². The van der Waals surface area contributed by atoms with Crippen LogP contribution < -0.4 is 29.7 Å². The number of benzene rings is 3. The Morgan fingerprint density at radius 3 is 2.70 bits per heavy atom. The van der Waals surface area contributed by atoms with Crippen LogP contribution in [-0.2, 0) is 11.4 Å². The van der Waals surface area contributed by atoms with Crippen LogP contribution in [-0.4, -0.2) is 38.5 Å². The zero-order valence-electron chi connectivity index (χ0n) is 19.3. The number of nitrogens with one attached hydrogen (secondary N) is 2. The maximum absolute atomic E-state index is 12.3. The number of fused-ring (bicyclic) bond motifs is 1. The predicted octanol–water partition coefficient (Wildman–Crippen LogP) is 4.79. The standard InChI is InChI=1S/C25H20Cl2IN3O6/c1-34-22-7-14(6-19(28)24(22)35-12-16-2-4-17(26)9-18(16)27)10-30-31-23(32)11-29-25(33)15-3-5-20-21(8-15)37-13-36-20/h2-10H,11-13H2,1H3,(H,29,33)(H,31,32). The molecule has 1 aliphatic rings. The normalized spacial score (nSPS) is 11.9. The Hall–Kier alpha value is -3.22. The number of rotatable bonds is 9. The second kappa shape index (κ2) is 12.3. The van der Waals surface area contributed by atoms with Crippen LogP contribution in [0.5, 0.6) is 23.0 Å². The van der Waals surface area contributed by atoms with Crippen LogP contribution in [0.4, 0.5) is 0 Å². The van der Waals surface area contributed by atoms with Crippen molar-refractivity contribution in [1.29, 1.82) is 0 Å². The van der Waals surface area contributed by atoms with Gasteiger partial charge in [0.2, 0.25) is 6.79 Å². The Morgan fingerprint density at radius 2 is 1.92 bits per heavy atom. The van der Waals surface area contributed by atoms with Crippen molar-refractivity contribution in [2.75, 3.05) is 20.4 Å². The molecule has 1 aliphatic heterocycles. The van der Waals surface area contributed by atoms with Crippen molar-refractivity contribution >= 4 is 63.8 Å². The molecule has 3 aromatic rings. The summed E-state index contributed by atoms with van der Waals surface area (Å²) in [5.74, 6) is 1.17. The Kier molecular flexibility index (Phi) is 8.95. The maximum atomic E-state index is 12.3. The molecule has 2 N–H and O–H groups in total. The number of ether oxygens (including phenoxy) is 4. The lowest BCUT2D eigenvalue weighted by molar-refractivity contribution is -0.120. The summed E-state index contributed by atoms with van der Waals surface area (Å²) in [6, 6.07) is 13.5. The molecular formula is C25H20Cl2IN3O6. The van der Waals surface area contributed by atoms with Crippen molar-refractivity contribution in [2.45, 2.75) is 6.61 Å². The molecular weight excluding hydrogens is 636 g/mol. The van der Waals surface area contributed by atoms with Gasteiger partial charge in [-0.1, -0.05) is 29.3 Å². The largest absolute Gasteiger partial charge is 0.493 e. The summed E-state index contributed by atoms with van der Waals surface area (Å²) in [5.41, 5.74) is 4.18. The molecule has 0 unspecified atom stereocenters. The Labute approximate surface area is 236 Å². The fourth-order valence-electron chi connectivity index (χ4n) is 3.26. The third-order valence-electron chi connectivity index (χ3n) is 5.09. The van der Waals surface area contributed by atoms with E-state index >= 15 is 0 Å². The van der Waals surface area contributed by atoms with Gasteiger partial charge >= 0.3 is 0 Å². The molecule has 0 fully saturated rings. The fourth-order valence-corrected chi connectivity index (χ4v) is 4.51. The van der Waals surface area contributed by atoms with Gasteiger partial charge in [-0.2, -0.15) is 5.10 Å². The molecule has 37 heavy (non-hydrogen) atoms. The minimum absolute atomic E-state index is 0.111. The number of amides is 2. The highest BCUT2D eigenvalue weighted by Crippen LogP contribution is 2.35. The van der Waals surface area contributed by atoms with Gasteiger partial charge in [-0.05, 0) is 70.6 Å². The summed E-state index contributed by atoms with van der Waals surface area (Å²) >= 11 is 14.3. The molecule has 1 heterocycles. The highest BCUT2D eigenvalue weighted by molar-refractivity contribution is 14.1.